The highest BCUT2D eigenvalue weighted by molar-refractivity contribution is 5.32. The summed E-state index contributed by atoms with van der Waals surface area (Å²) in [6, 6.07) is 12.3. The van der Waals surface area contributed by atoms with Crippen molar-refractivity contribution in [1.29, 1.82) is 10.5 Å². The lowest BCUT2D eigenvalue weighted by Crippen LogP contribution is -2.01. The van der Waals surface area contributed by atoms with Crippen molar-refractivity contribution in [3.8, 4) is 35.5 Å². The average molecular weight is 284 g/mol. The Kier molecular flexibility index (Phi) is 4.83. The molecule has 0 amide bonds. The summed E-state index contributed by atoms with van der Waals surface area (Å²) in [4.78, 5) is 9.75. The molecule has 104 valence electrons. The number of benzene rings is 2. The summed E-state index contributed by atoms with van der Waals surface area (Å²) in [5.41, 5.74) is 0. The van der Waals surface area contributed by atoms with Gasteiger partial charge < -0.3 is 9.47 Å². The van der Waals surface area contributed by atoms with Crippen LogP contribution in [0.5, 0.6) is 23.0 Å². The van der Waals surface area contributed by atoms with Gasteiger partial charge in [-0.1, -0.05) is 0 Å². The van der Waals surface area contributed by atoms with Crippen molar-refractivity contribution in [3.05, 3.63) is 48.5 Å². The van der Waals surface area contributed by atoms with Gasteiger partial charge in [0.15, 0.2) is 11.5 Å². The van der Waals surface area contributed by atoms with Gasteiger partial charge in [0.2, 0.25) is 0 Å². The van der Waals surface area contributed by atoms with Gasteiger partial charge in [0, 0.05) is 5.04 Å². The molecular formula is C14H8N2O5. The third kappa shape index (κ3) is 4.31. The van der Waals surface area contributed by atoms with Crippen LogP contribution in [0.25, 0.3) is 0 Å². The van der Waals surface area contributed by atoms with Crippen LogP contribution in [0.4, 0.5) is 0 Å². The van der Waals surface area contributed by atoms with Gasteiger partial charge in [0.1, 0.15) is 11.5 Å². The average Bonchev–Trinajstić information content (AvgIpc) is 2.51. The van der Waals surface area contributed by atoms with Gasteiger partial charge in [0.25, 0.3) is 12.5 Å². The molecule has 0 bridgehead atoms. The van der Waals surface area contributed by atoms with Crippen molar-refractivity contribution in [1.82, 2.24) is 0 Å². The smallest absolute Gasteiger partial charge is 0.292 e. The Morgan fingerprint density at radius 2 is 0.905 bits per heavy atom. The maximum absolute atomic E-state index is 8.33. The summed E-state index contributed by atoms with van der Waals surface area (Å²) >= 11 is 0. The van der Waals surface area contributed by atoms with E-state index < -0.39 is 0 Å². The van der Waals surface area contributed by atoms with E-state index in [1.807, 2.05) is 0 Å². The van der Waals surface area contributed by atoms with E-state index in [9.17, 15) is 0 Å². The first-order valence-corrected chi connectivity index (χ1v) is 5.65. The van der Waals surface area contributed by atoms with Crippen molar-refractivity contribution in [2.45, 2.75) is 0 Å². The lowest BCUT2D eigenvalue weighted by molar-refractivity contribution is -0.411. The predicted octanol–water partition coefficient (Wildman–Crippen LogP) is 2.71. The Labute approximate surface area is 119 Å². The van der Waals surface area contributed by atoms with Gasteiger partial charge >= 0.3 is 0 Å². The molecule has 2 rings (SSSR count). The molecule has 0 aliphatic heterocycles. The minimum absolute atomic E-state index is 0.365. The van der Waals surface area contributed by atoms with Crippen LogP contribution in [0.2, 0.25) is 0 Å². The molecule has 0 aliphatic rings. The maximum atomic E-state index is 8.33. The molecule has 0 N–H and O–H groups in total. The molecule has 0 saturated heterocycles. The van der Waals surface area contributed by atoms with Crippen LogP contribution in [0, 0.1) is 23.0 Å². The first kappa shape index (κ1) is 14.0. The van der Waals surface area contributed by atoms with E-state index in [1.165, 1.54) is 24.3 Å². The van der Waals surface area contributed by atoms with E-state index in [0.717, 1.165) is 0 Å². The van der Waals surface area contributed by atoms with E-state index in [4.69, 9.17) is 20.3 Å². The molecule has 0 heterocycles. The first-order chi connectivity index (χ1) is 10.3. The molecule has 7 nitrogen and oxygen atoms in total. The Bertz CT molecular complexity index is 596. The Morgan fingerprint density at radius 3 is 1.24 bits per heavy atom. The van der Waals surface area contributed by atoms with Crippen molar-refractivity contribution in [2.24, 2.45) is 0 Å². The standard InChI is InChI=1S/C14H8N2O5/c15-9-17-11-1-5-13(6-2-11)19-21-20-14-7-3-12(4-8-14)18-10-16/h1-8H. The van der Waals surface area contributed by atoms with Crippen LogP contribution < -0.4 is 19.2 Å². The normalized spacial score (nSPS) is 9.05. The minimum atomic E-state index is 0.365. The summed E-state index contributed by atoms with van der Waals surface area (Å²) in [6.07, 6.45) is 3.11. The molecule has 7 heteroatoms. The van der Waals surface area contributed by atoms with Gasteiger partial charge in [-0.3, -0.25) is 9.78 Å². The van der Waals surface area contributed by atoms with Crippen LogP contribution in [-0.2, 0) is 5.04 Å². The SMILES string of the molecule is N#COc1ccc(OOOc2ccc(OC#N)cc2)cc1. The third-order valence-corrected chi connectivity index (χ3v) is 2.23. The second kappa shape index (κ2) is 7.24. The zero-order chi connectivity index (χ0) is 14.9. The summed E-state index contributed by atoms with van der Waals surface area (Å²) in [7, 11) is 0. The Balaban J connectivity index is 1.81. The third-order valence-electron chi connectivity index (χ3n) is 2.23. The molecule has 21 heavy (non-hydrogen) atoms. The molecule has 0 radical (unpaired) electrons. The Hall–Kier alpha value is -3.42. The quantitative estimate of drug-likeness (QED) is 0.457. The van der Waals surface area contributed by atoms with Crippen LogP contribution >= 0.6 is 0 Å². The monoisotopic (exact) mass is 284 g/mol. The number of hydrogen-bond acceptors (Lipinski definition) is 7. The Morgan fingerprint density at radius 1 is 0.571 bits per heavy atom. The second-order valence-electron chi connectivity index (χ2n) is 3.56. The highest BCUT2D eigenvalue weighted by Crippen LogP contribution is 2.20. The van der Waals surface area contributed by atoms with E-state index >= 15 is 0 Å². The predicted molar refractivity (Wildman–Crippen MR) is 67.7 cm³/mol. The fourth-order valence-electron chi connectivity index (χ4n) is 1.33. The molecule has 0 fully saturated rings. The number of nitrogens with zero attached hydrogens (tertiary/aromatic N) is 2. The molecule has 0 atom stereocenters. The van der Waals surface area contributed by atoms with Crippen molar-refractivity contribution >= 4 is 0 Å². The van der Waals surface area contributed by atoms with Crippen molar-refractivity contribution < 1.29 is 24.3 Å². The maximum Gasteiger partial charge on any atom is 0.292 e. The topological polar surface area (TPSA) is 93.7 Å². The molecule has 0 aliphatic carbocycles. The lowest BCUT2D eigenvalue weighted by Gasteiger charge is -2.05. The number of ether oxygens (including phenoxy) is 2. The molecule has 0 spiro atoms. The fraction of sp³-hybridized carbons (Fsp3) is 0. The molecular weight excluding hydrogens is 276 g/mol. The van der Waals surface area contributed by atoms with Gasteiger partial charge in [-0.2, -0.15) is 0 Å². The first-order valence-electron chi connectivity index (χ1n) is 5.65. The van der Waals surface area contributed by atoms with E-state index in [1.54, 1.807) is 36.8 Å². The molecule has 0 unspecified atom stereocenters. The molecule has 2 aromatic carbocycles. The van der Waals surface area contributed by atoms with Gasteiger partial charge in [-0.25, -0.2) is 0 Å². The largest absolute Gasteiger partial charge is 0.388 e. The summed E-state index contributed by atoms with van der Waals surface area (Å²) < 4.78 is 9.22. The van der Waals surface area contributed by atoms with E-state index in [0.29, 0.717) is 23.0 Å². The molecule has 2 aromatic rings. The zero-order valence-corrected chi connectivity index (χ0v) is 10.6. The van der Waals surface area contributed by atoms with Crippen LogP contribution in [0.1, 0.15) is 0 Å². The lowest BCUT2D eigenvalue weighted by atomic mass is 10.3. The van der Waals surface area contributed by atoms with Crippen LogP contribution in [0.3, 0.4) is 0 Å². The van der Waals surface area contributed by atoms with Gasteiger partial charge in [-0.05, 0) is 48.5 Å². The summed E-state index contributed by atoms with van der Waals surface area (Å²) in [5, 5.41) is 21.3. The zero-order valence-electron chi connectivity index (χ0n) is 10.6. The number of hydrogen-bond donors (Lipinski definition) is 0. The minimum Gasteiger partial charge on any atom is -0.388 e. The van der Waals surface area contributed by atoms with E-state index in [2.05, 4.69) is 14.5 Å². The highest BCUT2D eigenvalue weighted by atomic mass is 17.5. The summed E-state index contributed by atoms with van der Waals surface area (Å²) in [6.45, 7) is 0. The second-order valence-corrected chi connectivity index (χ2v) is 3.56. The molecule has 0 aromatic heterocycles. The van der Waals surface area contributed by atoms with Gasteiger partial charge in [0.05, 0.1) is 0 Å². The van der Waals surface area contributed by atoms with Crippen LogP contribution in [0.15, 0.2) is 48.5 Å². The summed E-state index contributed by atoms with van der Waals surface area (Å²) in [5.74, 6) is 1.51. The highest BCUT2D eigenvalue weighted by Gasteiger charge is 2.00. The van der Waals surface area contributed by atoms with Crippen molar-refractivity contribution in [3.63, 3.8) is 0 Å². The van der Waals surface area contributed by atoms with Gasteiger partial charge in [-0.15, -0.1) is 10.5 Å². The number of rotatable bonds is 6. The van der Waals surface area contributed by atoms with Crippen LogP contribution in [-0.4, -0.2) is 0 Å². The number of nitriles is 2. The molecule has 0 saturated carbocycles. The fourth-order valence-corrected chi connectivity index (χ4v) is 1.33. The van der Waals surface area contributed by atoms with E-state index in [-0.39, 0.29) is 0 Å². The van der Waals surface area contributed by atoms with Crippen molar-refractivity contribution in [2.75, 3.05) is 0 Å².